The number of fused-ring (bicyclic) bond motifs is 1. The van der Waals surface area contributed by atoms with Crippen molar-refractivity contribution in [3.05, 3.63) is 101 Å². The Kier molecular flexibility index (Phi) is 7.58. The largest absolute Gasteiger partial charge is 0.478 e. The number of pyridine rings is 1. The zero-order valence-electron chi connectivity index (χ0n) is 23.0. The van der Waals surface area contributed by atoms with E-state index in [1.54, 1.807) is 34.9 Å². The molecule has 13 heteroatoms. The first-order chi connectivity index (χ1) is 21.3. The van der Waals surface area contributed by atoms with Crippen molar-refractivity contribution in [3.8, 4) is 45.5 Å². The number of alkyl halides is 2. The summed E-state index contributed by atoms with van der Waals surface area (Å²) in [4.78, 5) is 35.1. The second-order valence-corrected chi connectivity index (χ2v) is 9.55. The molecule has 0 fully saturated rings. The summed E-state index contributed by atoms with van der Waals surface area (Å²) in [5.74, 6) is -1.63. The van der Waals surface area contributed by atoms with Crippen LogP contribution in [0.15, 0.2) is 88.3 Å². The lowest BCUT2D eigenvalue weighted by Crippen LogP contribution is -2.08. The van der Waals surface area contributed by atoms with Crippen LogP contribution in [0.2, 0.25) is 0 Å². The number of aromatic nitrogens is 5. The van der Waals surface area contributed by atoms with E-state index in [-0.39, 0.29) is 23.7 Å². The zero-order valence-corrected chi connectivity index (χ0v) is 23.0. The molecule has 3 aromatic heterocycles. The maximum atomic E-state index is 12.8. The predicted molar refractivity (Wildman–Crippen MR) is 155 cm³/mol. The van der Waals surface area contributed by atoms with Gasteiger partial charge in [-0.3, -0.25) is 19.1 Å². The third kappa shape index (κ3) is 5.62. The Balaban J connectivity index is 1.40. The SMILES string of the molecule is CCOc1nc2cccc(C(=O)O)c2n1Cc1ccc(-c2cc(-c3cc(OC(F)F)ccn3)ccc2-c2noc(=O)[nH]2)cc1. The first-order valence-electron chi connectivity index (χ1n) is 13.4. The van der Waals surface area contributed by atoms with E-state index in [1.807, 2.05) is 31.2 Å². The van der Waals surface area contributed by atoms with E-state index in [4.69, 9.17) is 9.26 Å². The highest BCUT2D eigenvalue weighted by atomic mass is 19.3. The van der Waals surface area contributed by atoms with Crippen LogP contribution in [0.5, 0.6) is 11.8 Å². The molecule has 6 rings (SSSR count). The van der Waals surface area contributed by atoms with E-state index in [0.29, 0.717) is 46.0 Å². The first kappa shape index (κ1) is 28.3. The van der Waals surface area contributed by atoms with Crippen LogP contribution in [0, 0.1) is 0 Å². The number of para-hydroxylation sites is 1. The molecule has 0 radical (unpaired) electrons. The summed E-state index contributed by atoms with van der Waals surface area (Å²) in [5, 5.41) is 13.6. The lowest BCUT2D eigenvalue weighted by Gasteiger charge is -2.13. The molecule has 222 valence electrons. The van der Waals surface area contributed by atoms with Gasteiger partial charge in [0.15, 0.2) is 5.82 Å². The number of halogens is 2. The molecular formula is C31H23F2N5O6. The summed E-state index contributed by atoms with van der Waals surface area (Å²) in [6, 6.07) is 20.6. The summed E-state index contributed by atoms with van der Waals surface area (Å²) < 4.78 is 42.3. The Morgan fingerprint density at radius 1 is 1.05 bits per heavy atom. The molecule has 0 saturated heterocycles. The van der Waals surface area contributed by atoms with Gasteiger partial charge in [0.25, 0.3) is 6.01 Å². The highest BCUT2D eigenvalue weighted by molar-refractivity contribution is 6.01. The second-order valence-electron chi connectivity index (χ2n) is 9.55. The van der Waals surface area contributed by atoms with Gasteiger partial charge in [-0.15, -0.1) is 0 Å². The van der Waals surface area contributed by atoms with E-state index >= 15 is 0 Å². The Hall–Kier alpha value is -5.85. The number of aromatic amines is 1. The Bertz CT molecular complexity index is 2030. The monoisotopic (exact) mass is 599 g/mol. The first-order valence-corrected chi connectivity index (χ1v) is 13.4. The van der Waals surface area contributed by atoms with E-state index in [0.717, 1.165) is 11.1 Å². The second kappa shape index (κ2) is 11.8. The van der Waals surface area contributed by atoms with Crippen molar-refractivity contribution in [3.63, 3.8) is 0 Å². The number of imidazole rings is 1. The van der Waals surface area contributed by atoms with Crippen molar-refractivity contribution in [1.82, 2.24) is 24.7 Å². The van der Waals surface area contributed by atoms with Gasteiger partial charge in [-0.25, -0.2) is 9.59 Å². The number of benzene rings is 3. The maximum Gasteiger partial charge on any atom is 0.439 e. The van der Waals surface area contributed by atoms with E-state index < -0.39 is 18.3 Å². The molecule has 44 heavy (non-hydrogen) atoms. The minimum atomic E-state index is -2.98. The summed E-state index contributed by atoms with van der Waals surface area (Å²) in [7, 11) is 0. The number of carboxylic acids is 1. The molecule has 3 aromatic carbocycles. The molecule has 0 amide bonds. The normalized spacial score (nSPS) is 11.3. The van der Waals surface area contributed by atoms with Crippen molar-refractivity contribution in [2.75, 3.05) is 6.61 Å². The molecule has 0 bridgehead atoms. The molecule has 0 unspecified atom stereocenters. The average molecular weight is 600 g/mol. The van der Waals surface area contributed by atoms with Crippen LogP contribution in [-0.2, 0) is 6.54 Å². The van der Waals surface area contributed by atoms with Gasteiger partial charge < -0.3 is 14.6 Å². The van der Waals surface area contributed by atoms with Crippen molar-refractivity contribution >= 4 is 17.0 Å². The van der Waals surface area contributed by atoms with E-state index in [2.05, 4.69) is 24.8 Å². The number of nitrogens with zero attached hydrogens (tertiary/aromatic N) is 4. The molecule has 0 aliphatic rings. The number of ether oxygens (including phenoxy) is 2. The lowest BCUT2D eigenvalue weighted by atomic mass is 9.95. The van der Waals surface area contributed by atoms with Crippen molar-refractivity contribution in [1.29, 1.82) is 0 Å². The summed E-state index contributed by atoms with van der Waals surface area (Å²) in [6.07, 6.45) is 1.37. The topological polar surface area (TPSA) is 145 Å². The Morgan fingerprint density at radius 2 is 1.84 bits per heavy atom. The molecule has 11 nitrogen and oxygen atoms in total. The minimum absolute atomic E-state index is 0.0367. The predicted octanol–water partition coefficient (Wildman–Crippen LogP) is 5.86. The fraction of sp³-hybridized carbons (Fsp3) is 0.129. The molecule has 0 aliphatic heterocycles. The Labute approximate surface area is 247 Å². The Morgan fingerprint density at radius 3 is 2.55 bits per heavy atom. The fourth-order valence-corrected chi connectivity index (χ4v) is 4.94. The number of H-pyrrole nitrogens is 1. The molecule has 3 heterocycles. The van der Waals surface area contributed by atoms with Gasteiger partial charge in [0.05, 0.1) is 35.4 Å². The van der Waals surface area contributed by atoms with Gasteiger partial charge in [-0.1, -0.05) is 41.6 Å². The number of hydrogen-bond donors (Lipinski definition) is 2. The standard InChI is InChI=1S/C31H23F2N5O6/c1-2-42-30-35-24-5-3-4-22(28(39)40)26(24)38(30)16-17-6-8-18(9-7-17)23-14-19(10-11-21(23)27-36-31(41)44-37-27)25-15-20(12-13-34-25)43-29(32)33/h3-15,29H,2,16H2,1H3,(H,39,40)(H,36,37,41). The molecule has 0 saturated carbocycles. The smallest absolute Gasteiger partial charge is 0.439 e. The number of aromatic carboxylic acids is 1. The van der Waals surface area contributed by atoms with Gasteiger partial charge in [-0.2, -0.15) is 13.8 Å². The minimum Gasteiger partial charge on any atom is -0.478 e. The molecule has 2 N–H and O–H groups in total. The summed E-state index contributed by atoms with van der Waals surface area (Å²) in [6.45, 7) is -0.533. The maximum absolute atomic E-state index is 12.8. The van der Waals surface area contributed by atoms with Gasteiger partial charge in [0, 0.05) is 23.4 Å². The van der Waals surface area contributed by atoms with Gasteiger partial charge in [0.2, 0.25) is 0 Å². The van der Waals surface area contributed by atoms with Gasteiger partial charge in [-0.05, 0) is 53.9 Å². The van der Waals surface area contributed by atoms with Crippen LogP contribution >= 0.6 is 0 Å². The number of rotatable bonds is 10. The van der Waals surface area contributed by atoms with Crippen molar-refractivity contribution in [2.24, 2.45) is 0 Å². The molecule has 0 aliphatic carbocycles. The average Bonchev–Trinajstić information content (AvgIpc) is 3.60. The summed E-state index contributed by atoms with van der Waals surface area (Å²) >= 11 is 0. The number of nitrogens with one attached hydrogen (secondary N) is 1. The third-order valence-corrected chi connectivity index (χ3v) is 6.81. The van der Waals surface area contributed by atoms with E-state index in [1.165, 1.54) is 24.4 Å². The van der Waals surface area contributed by atoms with Crippen LogP contribution in [-0.4, -0.2) is 49.0 Å². The van der Waals surface area contributed by atoms with Crippen LogP contribution in [0.1, 0.15) is 22.8 Å². The summed E-state index contributed by atoms with van der Waals surface area (Å²) in [5.41, 5.74) is 4.83. The van der Waals surface area contributed by atoms with Crippen molar-refractivity contribution < 1.29 is 32.7 Å². The highest BCUT2D eigenvalue weighted by Gasteiger charge is 2.20. The molecular weight excluding hydrogens is 576 g/mol. The van der Waals surface area contributed by atoms with Gasteiger partial charge in [0.1, 0.15) is 5.75 Å². The van der Waals surface area contributed by atoms with Crippen LogP contribution in [0.4, 0.5) is 8.78 Å². The van der Waals surface area contributed by atoms with Crippen LogP contribution in [0.25, 0.3) is 44.8 Å². The fourth-order valence-electron chi connectivity index (χ4n) is 4.94. The number of hydrogen-bond acceptors (Lipinski definition) is 8. The zero-order chi connectivity index (χ0) is 30.8. The van der Waals surface area contributed by atoms with Crippen LogP contribution in [0.3, 0.4) is 0 Å². The molecule has 0 atom stereocenters. The highest BCUT2D eigenvalue weighted by Crippen LogP contribution is 2.35. The van der Waals surface area contributed by atoms with Crippen LogP contribution < -0.4 is 15.2 Å². The number of carbonyl (C=O) groups is 1. The molecule has 6 aromatic rings. The quantitative estimate of drug-likeness (QED) is 0.198. The van der Waals surface area contributed by atoms with Gasteiger partial charge >= 0.3 is 18.3 Å². The number of carboxylic acid groups (broad SMARTS) is 1. The van der Waals surface area contributed by atoms with E-state index in [9.17, 15) is 23.5 Å². The molecule has 0 spiro atoms. The lowest BCUT2D eigenvalue weighted by molar-refractivity contribution is -0.0498. The van der Waals surface area contributed by atoms with Crippen molar-refractivity contribution in [2.45, 2.75) is 20.1 Å². The third-order valence-electron chi connectivity index (χ3n) is 6.81.